The molecule has 4 rings (SSSR count). The molecule has 0 saturated heterocycles. The maximum atomic E-state index is 13.1. The van der Waals surface area contributed by atoms with Crippen LogP contribution in [0, 0.1) is 6.92 Å². The van der Waals surface area contributed by atoms with Crippen molar-refractivity contribution in [2.45, 2.75) is 38.8 Å². The van der Waals surface area contributed by atoms with Crippen LogP contribution in [0.15, 0.2) is 61.2 Å². The maximum absolute atomic E-state index is 13.1. The van der Waals surface area contributed by atoms with Crippen LogP contribution in [0.1, 0.15) is 36.1 Å². The van der Waals surface area contributed by atoms with Crippen LogP contribution < -0.4 is 10.2 Å². The molecule has 1 aromatic heterocycles. The molecule has 1 aliphatic heterocycles. The summed E-state index contributed by atoms with van der Waals surface area (Å²) in [5.41, 5.74) is 4.52. The standard InChI is InChI=1S/C22H25N5O/c1-3-19(25-22(28)26-13-12-17-6-4-5-7-20(17)26)21(27-15-23-14-24-27)18-10-8-16(2)9-11-18/h4-11,14-15,19,21H,3,12-13H2,1-2H3,(H,25,28). The lowest BCUT2D eigenvalue weighted by molar-refractivity contribution is 0.237. The zero-order valence-electron chi connectivity index (χ0n) is 16.2. The molecule has 28 heavy (non-hydrogen) atoms. The molecule has 144 valence electrons. The van der Waals surface area contributed by atoms with Gasteiger partial charge in [-0.3, -0.25) is 4.90 Å². The van der Waals surface area contributed by atoms with Crippen molar-refractivity contribution in [1.82, 2.24) is 20.1 Å². The van der Waals surface area contributed by atoms with E-state index in [4.69, 9.17) is 0 Å². The van der Waals surface area contributed by atoms with E-state index < -0.39 is 0 Å². The van der Waals surface area contributed by atoms with Crippen molar-refractivity contribution < 1.29 is 4.79 Å². The fraction of sp³-hybridized carbons (Fsp3) is 0.318. The minimum absolute atomic E-state index is 0.0611. The third-order valence-electron chi connectivity index (χ3n) is 5.40. The van der Waals surface area contributed by atoms with Gasteiger partial charge in [-0.2, -0.15) is 5.10 Å². The molecule has 3 aromatic rings. The number of benzene rings is 2. The van der Waals surface area contributed by atoms with Crippen molar-refractivity contribution in [2.75, 3.05) is 11.4 Å². The van der Waals surface area contributed by atoms with Crippen LogP contribution in [0.5, 0.6) is 0 Å². The van der Waals surface area contributed by atoms with Crippen molar-refractivity contribution in [3.8, 4) is 0 Å². The van der Waals surface area contributed by atoms with Crippen molar-refractivity contribution in [2.24, 2.45) is 0 Å². The highest BCUT2D eigenvalue weighted by Gasteiger charge is 2.30. The number of rotatable bonds is 5. The average Bonchev–Trinajstić information content (AvgIpc) is 3.38. The van der Waals surface area contributed by atoms with E-state index in [1.54, 1.807) is 6.33 Å². The number of amides is 2. The number of anilines is 1. The Morgan fingerprint density at radius 2 is 1.96 bits per heavy atom. The number of carbonyl (C=O) groups excluding carboxylic acids is 1. The van der Waals surface area contributed by atoms with Gasteiger partial charge in [0, 0.05) is 12.2 Å². The first-order chi connectivity index (χ1) is 13.7. The molecule has 2 aromatic carbocycles. The van der Waals surface area contributed by atoms with Gasteiger partial charge in [0.1, 0.15) is 12.7 Å². The van der Waals surface area contributed by atoms with Gasteiger partial charge in [-0.05, 0) is 37.0 Å². The molecule has 2 heterocycles. The minimum Gasteiger partial charge on any atom is -0.332 e. The summed E-state index contributed by atoms with van der Waals surface area (Å²) in [6.45, 7) is 4.86. The molecule has 0 bridgehead atoms. The first kappa shape index (κ1) is 18.2. The maximum Gasteiger partial charge on any atom is 0.322 e. The van der Waals surface area contributed by atoms with E-state index in [1.165, 1.54) is 17.5 Å². The minimum atomic E-state index is -0.116. The summed E-state index contributed by atoms with van der Waals surface area (Å²) in [4.78, 5) is 19.1. The van der Waals surface area contributed by atoms with Crippen LogP contribution >= 0.6 is 0 Å². The van der Waals surface area contributed by atoms with E-state index in [0.29, 0.717) is 6.54 Å². The van der Waals surface area contributed by atoms with Crippen molar-refractivity contribution in [3.05, 3.63) is 77.9 Å². The Bertz CT molecular complexity index is 936. The zero-order chi connectivity index (χ0) is 19.5. The van der Waals surface area contributed by atoms with Crippen molar-refractivity contribution in [1.29, 1.82) is 0 Å². The fourth-order valence-corrected chi connectivity index (χ4v) is 3.88. The Labute approximate surface area is 165 Å². The zero-order valence-corrected chi connectivity index (χ0v) is 16.2. The molecule has 1 aliphatic rings. The molecule has 6 heteroatoms. The second kappa shape index (κ2) is 7.84. The van der Waals surface area contributed by atoms with Crippen LogP contribution in [0.4, 0.5) is 10.5 Å². The molecule has 2 amide bonds. The van der Waals surface area contributed by atoms with E-state index in [1.807, 2.05) is 27.8 Å². The lowest BCUT2D eigenvalue weighted by atomic mass is 9.96. The second-order valence-electron chi connectivity index (χ2n) is 7.23. The smallest absolute Gasteiger partial charge is 0.322 e. The topological polar surface area (TPSA) is 63.1 Å². The summed E-state index contributed by atoms with van der Waals surface area (Å²) in [5.74, 6) is 0. The Kier molecular flexibility index (Phi) is 5.10. The average molecular weight is 375 g/mol. The summed E-state index contributed by atoms with van der Waals surface area (Å²) < 4.78 is 1.83. The number of hydrogen-bond acceptors (Lipinski definition) is 3. The Hall–Kier alpha value is -3.15. The van der Waals surface area contributed by atoms with Crippen LogP contribution in [0.3, 0.4) is 0 Å². The number of fused-ring (bicyclic) bond motifs is 1. The Morgan fingerprint density at radius 1 is 1.18 bits per heavy atom. The molecule has 0 fully saturated rings. The molecule has 0 spiro atoms. The quantitative estimate of drug-likeness (QED) is 0.739. The lowest BCUT2D eigenvalue weighted by Crippen LogP contribution is -2.47. The van der Waals surface area contributed by atoms with Gasteiger partial charge in [-0.25, -0.2) is 14.5 Å². The largest absolute Gasteiger partial charge is 0.332 e. The second-order valence-corrected chi connectivity index (χ2v) is 7.23. The molecule has 0 aliphatic carbocycles. The van der Waals surface area contributed by atoms with E-state index >= 15 is 0 Å². The first-order valence-electron chi connectivity index (χ1n) is 9.74. The van der Waals surface area contributed by atoms with Crippen LogP contribution in [0.25, 0.3) is 0 Å². The lowest BCUT2D eigenvalue weighted by Gasteiger charge is -2.30. The summed E-state index contributed by atoms with van der Waals surface area (Å²) in [6.07, 6.45) is 4.92. The highest BCUT2D eigenvalue weighted by molar-refractivity contribution is 5.94. The highest BCUT2D eigenvalue weighted by Crippen LogP contribution is 2.29. The Morgan fingerprint density at radius 3 is 2.68 bits per heavy atom. The molecule has 6 nitrogen and oxygen atoms in total. The van der Waals surface area contributed by atoms with Gasteiger partial charge in [0.2, 0.25) is 0 Å². The summed E-state index contributed by atoms with van der Waals surface area (Å²) >= 11 is 0. The van der Waals surface area contributed by atoms with Gasteiger partial charge in [-0.15, -0.1) is 0 Å². The van der Waals surface area contributed by atoms with Crippen LogP contribution in [-0.4, -0.2) is 33.4 Å². The monoisotopic (exact) mass is 375 g/mol. The first-order valence-corrected chi connectivity index (χ1v) is 9.74. The molecule has 1 N–H and O–H groups in total. The molecule has 0 saturated carbocycles. The van der Waals surface area contributed by atoms with Crippen LogP contribution in [-0.2, 0) is 6.42 Å². The summed E-state index contributed by atoms with van der Waals surface area (Å²) in [5, 5.41) is 7.62. The third-order valence-corrected chi connectivity index (χ3v) is 5.40. The van der Waals surface area contributed by atoms with E-state index in [2.05, 4.69) is 59.6 Å². The van der Waals surface area contributed by atoms with E-state index in [9.17, 15) is 4.79 Å². The third kappa shape index (κ3) is 3.50. The van der Waals surface area contributed by atoms with Gasteiger partial charge in [0.05, 0.1) is 12.1 Å². The number of nitrogens with zero attached hydrogens (tertiary/aromatic N) is 4. The van der Waals surface area contributed by atoms with Crippen molar-refractivity contribution in [3.63, 3.8) is 0 Å². The van der Waals surface area contributed by atoms with E-state index in [0.717, 1.165) is 24.1 Å². The normalized spacial score (nSPS) is 15.1. The van der Waals surface area contributed by atoms with Gasteiger partial charge in [0.25, 0.3) is 0 Å². The van der Waals surface area contributed by atoms with Crippen LogP contribution in [0.2, 0.25) is 0 Å². The number of carbonyl (C=O) groups is 1. The van der Waals surface area contributed by atoms with Gasteiger partial charge < -0.3 is 5.32 Å². The molecular weight excluding hydrogens is 350 g/mol. The predicted molar refractivity (Wildman–Crippen MR) is 109 cm³/mol. The van der Waals surface area contributed by atoms with Gasteiger partial charge in [-0.1, -0.05) is 55.0 Å². The number of nitrogens with one attached hydrogen (secondary N) is 1. The van der Waals surface area contributed by atoms with Gasteiger partial charge >= 0.3 is 6.03 Å². The predicted octanol–water partition coefficient (Wildman–Crippen LogP) is 3.73. The highest BCUT2D eigenvalue weighted by atomic mass is 16.2. The summed E-state index contributed by atoms with van der Waals surface area (Å²) in [6, 6.07) is 16.2. The van der Waals surface area contributed by atoms with Crippen molar-refractivity contribution >= 4 is 11.7 Å². The molecule has 2 atom stereocenters. The number of hydrogen-bond donors (Lipinski definition) is 1. The van der Waals surface area contributed by atoms with E-state index in [-0.39, 0.29) is 18.1 Å². The number of urea groups is 1. The SMILES string of the molecule is CCC(NC(=O)N1CCc2ccccc21)C(c1ccc(C)cc1)n1cncn1. The number of aromatic nitrogens is 3. The Balaban J connectivity index is 1.60. The molecule has 2 unspecified atom stereocenters. The summed E-state index contributed by atoms with van der Waals surface area (Å²) in [7, 11) is 0. The number of para-hydroxylation sites is 1. The molecule has 0 radical (unpaired) electrons. The fourth-order valence-electron chi connectivity index (χ4n) is 3.88. The number of aryl methyl sites for hydroxylation is 1. The van der Waals surface area contributed by atoms with Gasteiger partial charge in [0.15, 0.2) is 0 Å². The molecular formula is C22H25N5O.